The molecule has 1 saturated carbocycles. The van der Waals surface area contributed by atoms with Gasteiger partial charge < -0.3 is 9.67 Å². The van der Waals surface area contributed by atoms with E-state index < -0.39 is 35.0 Å². The average Bonchev–Trinajstić information content (AvgIpc) is 3.14. The minimum atomic E-state index is -1.44. The number of aromatic nitrogens is 1. The molecule has 0 spiro atoms. The highest BCUT2D eigenvalue weighted by molar-refractivity contribution is 6.36. The van der Waals surface area contributed by atoms with Gasteiger partial charge in [-0.3, -0.25) is 4.79 Å². The molecule has 1 aliphatic carbocycles. The molecular formula is C14H10ClF2NO3. The predicted octanol–water partition coefficient (Wildman–Crippen LogP) is 3.08. The van der Waals surface area contributed by atoms with Crippen LogP contribution < -0.4 is 5.43 Å². The zero-order valence-electron chi connectivity index (χ0n) is 10.9. The summed E-state index contributed by atoms with van der Waals surface area (Å²) in [6.45, 7) is 1.44. The molecule has 1 fully saturated rings. The van der Waals surface area contributed by atoms with Gasteiger partial charge in [-0.2, -0.15) is 0 Å². The van der Waals surface area contributed by atoms with Crippen molar-refractivity contribution in [2.45, 2.75) is 25.6 Å². The zero-order chi connectivity index (χ0) is 15.5. The fourth-order valence-corrected chi connectivity index (χ4v) is 2.68. The van der Waals surface area contributed by atoms with Crippen molar-refractivity contribution < 1.29 is 18.7 Å². The lowest BCUT2D eigenvalue weighted by Crippen LogP contribution is -2.19. The molecule has 2 aromatic rings. The van der Waals surface area contributed by atoms with E-state index in [9.17, 15) is 18.4 Å². The Bertz CT molecular complexity index is 846. The first-order chi connectivity index (χ1) is 9.82. The van der Waals surface area contributed by atoms with E-state index in [4.69, 9.17) is 16.7 Å². The molecule has 0 radical (unpaired) electrons. The van der Waals surface area contributed by atoms with E-state index >= 15 is 0 Å². The highest BCUT2D eigenvalue weighted by atomic mass is 35.5. The fourth-order valence-electron chi connectivity index (χ4n) is 2.39. The first-order valence-corrected chi connectivity index (χ1v) is 6.61. The Morgan fingerprint density at radius 2 is 2.14 bits per heavy atom. The molecule has 0 aliphatic heterocycles. The van der Waals surface area contributed by atoms with Crippen molar-refractivity contribution in [3.8, 4) is 0 Å². The topological polar surface area (TPSA) is 59.3 Å². The van der Waals surface area contributed by atoms with Crippen LogP contribution in [0.2, 0.25) is 5.02 Å². The van der Waals surface area contributed by atoms with Crippen molar-refractivity contribution in [1.29, 1.82) is 0 Å². The maximum Gasteiger partial charge on any atom is 0.341 e. The van der Waals surface area contributed by atoms with Crippen LogP contribution in [-0.2, 0) is 0 Å². The standard InChI is InChI=1S/C14H10ClF2NO3/c1-5-8(16)2-6-12(11(5)15)18(10-3-9(10)17)4-7(13(6)19)14(20)21/h2,4,9-10H,3H2,1H3,(H,20,21). The van der Waals surface area contributed by atoms with Crippen molar-refractivity contribution in [3.63, 3.8) is 0 Å². The molecule has 0 amide bonds. The van der Waals surface area contributed by atoms with Gasteiger partial charge in [-0.15, -0.1) is 0 Å². The maximum atomic E-state index is 13.8. The van der Waals surface area contributed by atoms with E-state index in [1.165, 1.54) is 11.5 Å². The van der Waals surface area contributed by atoms with Gasteiger partial charge in [0.25, 0.3) is 0 Å². The molecule has 0 saturated heterocycles. The highest BCUT2D eigenvalue weighted by Crippen LogP contribution is 2.42. The van der Waals surface area contributed by atoms with E-state index in [2.05, 4.69) is 0 Å². The first kappa shape index (κ1) is 14.0. The lowest BCUT2D eigenvalue weighted by atomic mass is 10.1. The summed E-state index contributed by atoms with van der Waals surface area (Å²) in [7, 11) is 0. The average molecular weight is 314 g/mol. The quantitative estimate of drug-likeness (QED) is 0.927. The number of hydrogen-bond acceptors (Lipinski definition) is 2. The van der Waals surface area contributed by atoms with Crippen molar-refractivity contribution in [2.24, 2.45) is 0 Å². The number of rotatable bonds is 2. The summed E-state index contributed by atoms with van der Waals surface area (Å²) < 4.78 is 28.5. The predicted molar refractivity (Wildman–Crippen MR) is 73.4 cm³/mol. The number of alkyl halides is 1. The van der Waals surface area contributed by atoms with Crippen LogP contribution in [0.3, 0.4) is 0 Å². The Hall–Kier alpha value is -1.95. The number of aromatic carboxylic acids is 1. The van der Waals surface area contributed by atoms with Gasteiger partial charge >= 0.3 is 5.97 Å². The summed E-state index contributed by atoms with van der Waals surface area (Å²) >= 11 is 6.09. The Morgan fingerprint density at radius 3 is 2.67 bits per heavy atom. The largest absolute Gasteiger partial charge is 0.477 e. The van der Waals surface area contributed by atoms with Crippen molar-refractivity contribution >= 4 is 28.5 Å². The van der Waals surface area contributed by atoms with Gasteiger partial charge in [0, 0.05) is 18.2 Å². The lowest BCUT2D eigenvalue weighted by Gasteiger charge is -2.14. The number of hydrogen-bond donors (Lipinski definition) is 1. The van der Waals surface area contributed by atoms with Crippen LogP contribution in [-0.4, -0.2) is 21.8 Å². The van der Waals surface area contributed by atoms with Gasteiger partial charge in [-0.1, -0.05) is 11.6 Å². The van der Waals surface area contributed by atoms with Gasteiger partial charge in [0.1, 0.15) is 17.6 Å². The zero-order valence-corrected chi connectivity index (χ0v) is 11.6. The highest BCUT2D eigenvalue weighted by Gasteiger charge is 2.40. The number of pyridine rings is 1. The molecule has 1 heterocycles. The number of halogens is 3. The SMILES string of the molecule is Cc1c(F)cc2c(=O)c(C(=O)O)cn(C3CC3F)c2c1Cl. The monoisotopic (exact) mass is 313 g/mol. The number of nitrogens with zero attached hydrogens (tertiary/aromatic N) is 1. The summed E-state index contributed by atoms with van der Waals surface area (Å²) in [5.41, 5.74) is -1.04. The summed E-state index contributed by atoms with van der Waals surface area (Å²) in [4.78, 5) is 23.3. The summed E-state index contributed by atoms with van der Waals surface area (Å²) in [6.07, 6.45) is 0.170. The van der Waals surface area contributed by atoms with Crippen LogP contribution >= 0.6 is 11.6 Å². The van der Waals surface area contributed by atoms with Crippen molar-refractivity contribution in [1.82, 2.24) is 4.57 Å². The normalized spacial score (nSPS) is 20.8. The minimum Gasteiger partial charge on any atom is -0.477 e. The number of benzene rings is 1. The maximum absolute atomic E-state index is 13.8. The number of carbonyl (C=O) groups is 1. The van der Waals surface area contributed by atoms with E-state index in [1.807, 2.05) is 0 Å². The van der Waals surface area contributed by atoms with E-state index in [1.54, 1.807) is 0 Å². The second kappa shape index (κ2) is 4.53. The molecular weight excluding hydrogens is 304 g/mol. The van der Waals surface area contributed by atoms with Gasteiger partial charge in [-0.25, -0.2) is 13.6 Å². The molecule has 3 rings (SSSR count). The van der Waals surface area contributed by atoms with Crippen LogP contribution in [0.4, 0.5) is 8.78 Å². The molecule has 0 bridgehead atoms. The van der Waals surface area contributed by atoms with Crippen molar-refractivity contribution in [3.05, 3.63) is 44.5 Å². The van der Waals surface area contributed by atoms with E-state index in [0.29, 0.717) is 0 Å². The van der Waals surface area contributed by atoms with Crippen LogP contribution in [0, 0.1) is 12.7 Å². The minimum absolute atomic E-state index is 0.00172. The second-order valence-corrected chi connectivity index (χ2v) is 5.47. The molecule has 2 unspecified atom stereocenters. The molecule has 1 aromatic carbocycles. The summed E-state index contributed by atoms with van der Waals surface area (Å²) in [5, 5.41) is 8.92. The third kappa shape index (κ3) is 2.01. The molecule has 1 aromatic heterocycles. The molecule has 4 nitrogen and oxygen atoms in total. The van der Waals surface area contributed by atoms with Crippen LogP contribution in [0.25, 0.3) is 10.9 Å². The van der Waals surface area contributed by atoms with Crippen LogP contribution in [0.1, 0.15) is 28.4 Å². The Kier molecular flexibility index (Phi) is 3.02. The summed E-state index contributed by atoms with van der Waals surface area (Å²) in [6, 6.07) is 0.380. The fraction of sp³-hybridized carbons (Fsp3) is 0.286. The van der Waals surface area contributed by atoms with Crippen LogP contribution in [0.5, 0.6) is 0 Å². The Balaban J connectivity index is 2.49. The third-order valence-electron chi connectivity index (χ3n) is 3.71. The van der Waals surface area contributed by atoms with Crippen LogP contribution in [0.15, 0.2) is 17.1 Å². The van der Waals surface area contributed by atoms with E-state index in [-0.39, 0.29) is 27.9 Å². The number of carboxylic acids is 1. The lowest BCUT2D eigenvalue weighted by molar-refractivity contribution is 0.0694. The smallest absolute Gasteiger partial charge is 0.341 e. The molecule has 2 atom stereocenters. The third-order valence-corrected chi connectivity index (χ3v) is 4.17. The van der Waals surface area contributed by atoms with Gasteiger partial charge in [-0.05, 0) is 13.0 Å². The van der Waals surface area contributed by atoms with E-state index in [0.717, 1.165) is 12.3 Å². The first-order valence-electron chi connectivity index (χ1n) is 6.23. The molecule has 1 aliphatic rings. The Labute approximate surface area is 122 Å². The number of carboxylic acid groups (broad SMARTS) is 1. The second-order valence-electron chi connectivity index (χ2n) is 5.10. The van der Waals surface area contributed by atoms with Gasteiger partial charge in [0.15, 0.2) is 0 Å². The summed E-state index contributed by atoms with van der Waals surface area (Å²) in [5.74, 6) is -2.14. The Morgan fingerprint density at radius 1 is 1.52 bits per heavy atom. The van der Waals surface area contributed by atoms with Crippen molar-refractivity contribution in [2.75, 3.05) is 0 Å². The van der Waals surface area contributed by atoms with Gasteiger partial charge in [0.05, 0.1) is 22.0 Å². The molecule has 7 heteroatoms. The molecule has 1 N–H and O–H groups in total. The van der Waals surface area contributed by atoms with Gasteiger partial charge in [0.2, 0.25) is 5.43 Å². The molecule has 110 valence electrons. The number of fused-ring (bicyclic) bond motifs is 1. The molecule has 21 heavy (non-hydrogen) atoms.